The summed E-state index contributed by atoms with van der Waals surface area (Å²) in [5, 5.41) is 5.59. The number of anilines is 2. The van der Waals surface area contributed by atoms with Crippen molar-refractivity contribution in [1.82, 2.24) is 15.3 Å². The smallest absolute Gasteiger partial charge is 0.239 e. The van der Waals surface area contributed by atoms with Gasteiger partial charge in [0.15, 0.2) is 0 Å². The van der Waals surface area contributed by atoms with Crippen molar-refractivity contribution in [3.05, 3.63) is 12.4 Å². The van der Waals surface area contributed by atoms with Crippen molar-refractivity contribution in [3.63, 3.8) is 0 Å². The first kappa shape index (κ1) is 12.2. The van der Waals surface area contributed by atoms with E-state index in [1.165, 1.54) is 12.4 Å². The van der Waals surface area contributed by atoms with E-state index in [0.717, 1.165) is 0 Å². The van der Waals surface area contributed by atoms with Crippen molar-refractivity contribution in [1.29, 1.82) is 0 Å². The number of aromatic nitrogens is 2. The summed E-state index contributed by atoms with van der Waals surface area (Å²) in [6.45, 7) is 4.91. The summed E-state index contributed by atoms with van der Waals surface area (Å²) < 4.78 is 0. The highest BCUT2D eigenvalue weighted by Gasteiger charge is 2.02. The Morgan fingerprint density at radius 3 is 2.62 bits per heavy atom. The lowest BCUT2D eigenvalue weighted by Crippen LogP contribution is -2.32. The number of carbonyl (C=O) groups excluding carboxylic acids is 1. The number of rotatable bonds is 5. The van der Waals surface area contributed by atoms with Gasteiger partial charge in [-0.3, -0.25) is 4.79 Å². The van der Waals surface area contributed by atoms with E-state index >= 15 is 0 Å². The molecule has 0 atom stereocenters. The van der Waals surface area contributed by atoms with Gasteiger partial charge in [0.25, 0.3) is 0 Å². The Hall–Kier alpha value is -1.85. The van der Waals surface area contributed by atoms with Crippen LogP contribution in [0.5, 0.6) is 0 Å². The molecule has 0 saturated carbocycles. The Morgan fingerprint density at radius 1 is 1.44 bits per heavy atom. The van der Waals surface area contributed by atoms with Crippen molar-refractivity contribution in [2.24, 2.45) is 5.92 Å². The molecule has 4 N–H and O–H groups in total. The molecule has 0 aliphatic heterocycles. The molecule has 1 aromatic rings. The van der Waals surface area contributed by atoms with Crippen LogP contribution in [0.2, 0.25) is 0 Å². The fraction of sp³-hybridized carbons (Fsp3) is 0.500. The molecule has 0 bridgehead atoms. The zero-order valence-corrected chi connectivity index (χ0v) is 9.53. The number of nitrogens with two attached hydrogens (primary N) is 1. The lowest BCUT2D eigenvalue weighted by molar-refractivity contribution is -0.119. The van der Waals surface area contributed by atoms with Crippen LogP contribution in [-0.2, 0) is 4.79 Å². The molecule has 0 fully saturated rings. The highest BCUT2D eigenvalue weighted by atomic mass is 16.1. The number of nitrogen functional groups attached to an aromatic ring is 1. The zero-order valence-electron chi connectivity index (χ0n) is 9.53. The zero-order chi connectivity index (χ0) is 12.0. The number of amides is 1. The first-order valence-corrected chi connectivity index (χ1v) is 5.16. The summed E-state index contributed by atoms with van der Waals surface area (Å²) in [6, 6.07) is 0. The van der Waals surface area contributed by atoms with Gasteiger partial charge in [-0.05, 0) is 5.92 Å². The third-order valence-corrected chi connectivity index (χ3v) is 1.79. The van der Waals surface area contributed by atoms with Gasteiger partial charge < -0.3 is 16.4 Å². The number of hydrogen-bond acceptors (Lipinski definition) is 5. The Balaban J connectivity index is 2.29. The second kappa shape index (κ2) is 5.89. The molecule has 0 spiro atoms. The van der Waals surface area contributed by atoms with E-state index < -0.39 is 0 Å². The quantitative estimate of drug-likeness (QED) is 0.665. The highest BCUT2D eigenvalue weighted by molar-refractivity contribution is 5.80. The molecule has 1 heterocycles. The van der Waals surface area contributed by atoms with Crippen molar-refractivity contribution in [2.45, 2.75) is 13.8 Å². The van der Waals surface area contributed by atoms with Crippen LogP contribution in [0.25, 0.3) is 0 Å². The summed E-state index contributed by atoms with van der Waals surface area (Å²) in [5.74, 6) is 0.764. The van der Waals surface area contributed by atoms with Crippen molar-refractivity contribution >= 4 is 17.5 Å². The minimum absolute atomic E-state index is 0.0749. The van der Waals surface area contributed by atoms with Crippen LogP contribution >= 0.6 is 0 Å². The lowest BCUT2D eigenvalue weighted by atomic mass is 10.2. The molecular formula is C10H17N5O. The summed E-state index contributed by atoms with van der Waals surface area (Å²) in [5.41, 5.74) is 5.93. The minimum Gasteiger partial charge on any atom is -0.396 e. The van der Waals surface area contributed by atoms with Crippen LogP contribution in [0, 0.1) is 5.92 Å². The third kappa shape index (κ3) is 4.59. The normalized spacial score (nSPS) is 10.2. The Morgan fingerprint density at radius 2 is 2.06 bits per heavy atom. The molecular weight excluding hydrogens is 206 g/mol. The van der Waals surface area contributed by atoms with Gasteiger partial charge in [0, 0.05) is 6.54 Å². The summed E-state index contributed by atoms with van der Waals surface area (Å²) in [6.07, 6.45) is 2.97. The van der Waals surface area contributed by atoms with Crippen LogP contribution in [-0.4, -0.2) is 29.0 Å². The second-order valence-corrected chi connectivity index (χ2v) is 3.89. The van der Waals surface area contributed by atoms with E-state index in [0.29, 0.717) is 24.1 Å². The summed E-state index contributed by atoms with van der Waals surface area (Å²) in [4.78, 5) is 19.2. The molecule has 6 nitrogen and oxygen atoms in total. The molecule has 0 aliphatic carbocycles. The molecule has 6 heteroatoms. The molecule has 88 valence electrons. The van der Waals surface area contributed by atoms with Gasteiger partial charge in [0.05, 0.1) is 24.6 Å². The first-order valence-electron chi connectivity index (χ1n) is 5.16. The third-order valence-electron chi connectivity index (χ3n) is 1.79. The van der Waals surface area contributed by atoms with Crippen molar-refractivity contribution in [2.75, 3.05) is 24.1 Å². The second-order valence-electron chi connectivity index (χ2n) is 3.89. The number of nitrogens with one attached hydrogen (secondary N) is 2. The van der Waals surface area contributed by atoms with Gasteiger partial charge in [-0.25, -0.2) is 9.97 Å². The van der Waals surface area contributed by atoms with Crippen LogP contribution in [0.3, 0.4) is 0 Å². The molecule has 1 aromatic heterocycles. The van der Waals surface area contributed by atoms with Crippen LogP contribution in [0.1, 0.15) is 13.8 Å². The maximum Gasteiger partial charge on any atom is 0.239 e. The number of carbonyl (C=O) groups is 1. The maximum atomic E-state index is 11.3. The lowest BCUT2D eigenvalue weighted by Gasteiger charge is -2.08. The van der Waals surface area contributed by atoms with Gasteiger partial charge in [-0.1, -0.05) is 13.8 Å². The highest BCUT2D eigenvalue weighted by Crippen LogP contribution is 1.99. The fourth-order valence-electron chi connectivity index (χ4n) is 0.969. The van der Waals surface area contributed by atoms with Crippen molar-refractivity contribution < 1.29 is 4.79 Å². The van der Waals surface area contributed by atoms with Crippen LogP contribution in [0.4, 0.5) is 11.6 Å². The van der Waals surface area contributed by atoms with Crippen LogP contribution < -0.4 is 16.4 Å². The van der Waals surface area contributed by atoms with Gasteiger partial charge >= 0.3 is 0 Å². The van der Waals surface area contributed by atoms with E-state index in [-0.39, 0.29) is 12.5 Å². The van der Waals surface area contributed by atoms with Gasteiger partial charge in [-0.15, -0.1) is 0 Å². The minimum atomic E-state index is -0.0749. The number of nitrogens with zero attached hydrogens (tertiary/aromatic N) is 2. The largest absolute Gasteiger partial charge is 0.396 e. The molecule has 0 unspecified atom stereocenters. The SMILES string of the molecule is CC(C)CNC(=O)CNc1ncc(N)cn1. The van der Waals surface area contributed by atoms with E-state index in [1.807, 2.05) is 13.8 Å². The number of hydrogen-bond donors (Lipinski definition) is 3. The molecule has 1 rings (SSSR count). The van der Waals surface area contributed by atoms with Crippen molar-refractivity contribution in [3.8, 4) is 0 Å². The molecule has 0 saturated heterocycles. The topological polar surface area (TPSA) is 92.9 Å². The molecule has 0 aromatic carbocycles. The predicted molar refractivity (Wildman–Crippen MR) is 62.8 cm³/mol. The average molecular weight is 223 g/mol. The van der Waals surface area contributed by atoms with E-state index in [2.05, 4.69) is 20.6 Å². The van der Waals surface area contributed by atoms with Gasteiger partial charge in [0.1, 0.15) is 0 Å². The molecule has 16 heavy (non-hydrogen) atoms. The van der Waals surface area contributed by atoms with Crippen LogP contribution in [0.15, 0.2) is 12.4 Å². The van der Waals surface area contributed by atoms with E-state index in [9.17, 15) is 4.79 Å². The molecule has 1 amide bonds. The Kier molecular flexibility index (Phi) is 4.50. The Bertz CT molecular complexity index is 336. The average Bonchev–Trinajstić information content (AvgIpc) is 2.25. The van der Waals surface area contributed by atoms with E-state index in [4.69, 9.17) is 5.73 Å². The maximum absolute atomic E-state index is 11.3. The first-order chi connectivity index (χ1) is 7.58. The monoisotopic (exact) mass is 223 g/mol. The standard InChI is InChI=1S/C10H17N5O/c1-7(2)3-12-9(16)6-15-10-13-4-8(11)5-14-10/h4-5,7H,3,6,11H2,1-2H3,(H,12,16)(H,13,14,15). The predicted octanol–water partition coefficient (Wildman–Crippen LogP) is 0.243. The van der Waals surface area contributed by atoms with Gasteiger partial charge in [-0.2, -0.15) is 0 Å². The molecule has 0 radical (unpaired) electrons. The van der Waals surface area contributed by atoms with E-state index in [1.54, 1.807) is 0 Å². The Labute approximate surface area is 94.7 Å². The fourth-order valence-corrected chi connectivity index (χ4v) is 0.969. The summed E-state index contributed by atoms with van der Waals surface area (Å²) >= 11 is 0. The summed E-state index contributed by atoms with van der Waals surface area (Å²) in [7, 11) is 0. The molecule has 0 aliphatic rings. The van der Waals surface area contributed by atoms with Gasteiger partial charge in [0.2, 0.25) is 11.9 Å².